The molecule has 0 saturated carbocycles. The SMILES string of the molecule is CC(NC(=O)c1ccccc1)C(=O)NNC(=O)COc1ccccc1C#N. The quantitative estimate of drug-likeness (QED) is 0.656. The van der Waals surface area contributed by atoms with Crippen molar-refractivity contribution in [1.82, 2.24) is 16.2 Å². The van der Waals surface area contributed by atoms with Gasteiger partial charge in [0.15, 0.2) is 6.61 Å². The topological polar surface area (TPSA) is 120 Å². The zero-order chi connectivity index (χ0) is 19.6. The molecule has 0 heterocycles. The third kappa shape index (κ3) is 5.86. The molecule has 0 aliphatic heterocycles. The maximum atomic E-state index is 12.0. The van der Waals surface area contributed by atoms with Crippen LogP contribution < -0.4 is 20.9 Å². The van der Waals surface area contributed by atoms with Crippen molar-refractivity contribution in [1.29, 1.82) is 5.26 Å². The maximum absolute atomic E-state index is 12.0. The third-order valence-corrected chi connectivity index (χ3v) is 3.47. The first-order valence-corrected chi connectivity index (χ1v) is 8.08. The van der Waals surface area contributed by atoms with Crippen LogP contribution in [0.15, 0.2) is 54.6 Å². The second-order valence-corrected chi connectivity index (χ2v) is 5.50. The van der Waals surface area contributed by atoms with Crippen molar-refractivity contribution < 1.29 is 19.1 Å². The van der Waals surface area contributed by atoms with Crippen LogP contribution in [0.3, 0.4) is 0 Å². The van der Waals surface area contributed by atoms with Crippen molar-refractivity contribution >= 4 is 17.7 Å². The Labute approximate surface area is 156 Å². The lowest BCUT2D eigenvalue weighted by Crippen LogP contribution is -2.51. The van der Waals surface area contributed by atoms with Crippen LogP contribution >= 0.6 is 0 Å². The minimum atomic E-state index is -0.863. The first-order valence-electron chi connectivity index (χ1n) is 8.08. The highest BCUT2D eigenvalue weighted by Gasteiger charge is 2.17. The van der Waals surface area contributed by atoms with Crippen molar-refractivity contribution in [2.75, 3.05) is 6.61 Å². The number of carbonyl (C=O) groups excluding carboxylic acids is 3. The molecule has 0 bridgehead atoms. The maximum Gasteiger partial charge on any atom is 0.276 e. The Morgan fingerprint density at radius 3 is 2.41 bits per heavy atom. The summed E-state index contributed by atoms with van der Waals surface area (Å²) in [6.45, 7) is 1.10. The number of nitriles is 1. The van der Waals surface area contributed by atoms with Gasteiger partial charge in [-0.15, -0.1) is 0 Å². The summed E-state index contributed by atoms with van der Waals surface area (Å²) in [6, 6.07) is 16.0. The van der Waals surface area contributed by atoms with Gasteiger partial charge in [0, 0.05) is 5.56 Å². The van der Waals surface area contributed by atoms with E-state index in [1.54, 1.807) is 54.6 Å². The summed E-state index contributed by atoms with van der Waals surface area (Å²) in [4.78, 5) is 35.7. The summed E-state index contributed by atoms with van der Waals surface area (Å²) in [7, 11) is 0. The molecule has 27 heavy (non-hydrogen) atoms. The van der Waals surface area contributed by atoms with Gasteiger partial charge in [-0.05, 0) is 31.2 Å². The van der Waals surface area contributed by atoms with E-state index in [4.69, 9.17) is 10.00 Å². The zero-order valence-electron chi connectivity index (χ0n) is 14.6. The molecule has 0 aromatic heterocycles. The number of amides is 3. The van der Waals surface area contributed by atoms with Gasteiger partial charge in [0.05, 0.1) is 5.56 Å². The van der Waals surface area contributed by atoms with Crippen LogP contribution in [0.1, 0.15) is 22.8 Å². The fourth-order valence-corrected chi connectivity index (χ4v) is 2.04. The number of hydrazine groups is 1. The van der Waals surface area contributed by atoms with Gasteiger partial charge in [0.1, 0.15) is 17.9 Å². The predicted octanol–water partition coefficient (Wildman–Crippen LogP) is 0.903. The molecule has 3 amide bonds. The van der Waals surface area contributed by atoms with Crippen LogP contribution in [-0.2, 0) is 9.59 Å². The summed E-state index contributed by atoms with van der Waals surface area (Å²) in [6.07, 6.45) is 0. The normalized spacial score (nSPS) is 10.8. The van der Waals surface area contributed by atoms with Crippen LogP contribution in [-0.4, -0.2) is 30.4 Å². The molecule has 3 N–H and O–H groups in total. The van der Waals surface area contributed by atoms with Gasteiger partial charge in [-0.2, -0.15) is 5.26 Å². The van der Waals surface area contributed by atoms with Crippen molar-refractivity contribution in [2.24, 2.45) is 0 Å². The molecule has 8 nitrogen and oxygen atoms in total. The second-order valence-electron chi connectivity index (χ2n) is 5.50. The molecule has 0 aliphatic rings. The van der Waals surface area contributed by atoms with Crippen molar-refractivity contribution in [3.8, 4) is 11.8 Å². The van der Waals surface area contributed by atoms with Crippen molar-refractivity contribution in [3.63, 3.8) is 0 Å². The van der Waals surface area contributed by atoms with E-state index in [0.29, 0.717) is 11.1 Å². The first kappa shape index (κ1) is 19.5. The lowest BCUT2D eigenvalue weighted by atomic mass is 10.2. The number of rotatable bonds is 6. The molecule has 8 heteroatoms. The van der Waals surface area contributed by atoms with E-state index in [2.05, 4.69) is 16.2 Å². The van der Waals surface area contributed by atoms with Crippen LogP contribution in [0.25, 0.3) is 0 Å². The monoisotopic (exact) mass is 366 g/mol. The highest BCUT2D eigenvalue weighted by Crippen LogP contribution is 2.15. The number of hydrogen-bond acceptors (Lipinski definition) is 5. The minimum absolute atomic E-state index is 0.268. The minimum Gasteiger partial charge on any atom is -0.482 e. The molecule has 138 valence electrons. The van der Waals surface area contributed by atoms with Crippen molar-refractivity contribution in [2.45, 2.75) is 13.0 Å². The van der Waals surface area contributed by atoms with Gasteiger partial charge in [0.2, 0.25) is 0 Å². The van der Waals surface area contributed by atoms with Crippen LogP contribution in [0.4, 0.5) is 0 Å². The van der Waals surface area contributed by atoms with Crippen LogP contribution in [0.2, 0.25) is 0 Å². The molecule has 0 aliphatic carbocycles. The Kier molecular flexibility index (Phi) is 6.91. The highest BCUT2D eigenvalue weighted by atomic mass is 16.5. The van der Waals surface area contributed by atoms with Gasteiger partial charge in [-0.25, -0.2) is 0 Å². The predicted molar refractivity (Wildman–Crippen MR) is 96.3 cm³/mol. The number of benzene rings is 2. The Bertz CT molecular complexity index is 862. The van der Waals surface area contributed by atoms with Gasteiger partial charge >= 0.3 is 0 Å². The zero-order valence-corrected chi connectivity index (χ0v) is 14.6. The van der Waals surface area contributed by atoms with E-state index < -0.39 is 23.8 Å². The molecule has 1 unspecified atom stereocenters. The summed E-state index contributed by atoms with van der Waals surface area (Å²) < 4.78 is 5.25. The Hall–Kier alpha value is -3.86. The van der Waals surface area contributed by atoms with E-state index >= 15 is 0 Å². The summed E-state index contributed by atoms with van der Waals surface area (Å²) in [5.74, 6) is -1.34. The molecule has 2 rings (SSSR count). The molecular weight excluding hydrogens is 348 g/mol. The molecule has 0 radical (unpaired) electrons. The van der Waals surface area contributed by atoms with E-state index in [-0.39, 0.29) is 12.4 Å². The molecule has 1 atom stereocenters. The summed E-state index contributed by atoms with van der Waals surface area (Å²) in [5, 5.41) is 11.5. The number of nitrogens with zero attached hydrogens (tertiary/aromatic N) is 1. The van der Waals surface area contributed by atoms with Gasteiger partial charge in [-0.3, -0.25) is 25.2 Å². The average Bonchev–Trinajstić information content (AvgIpc) is 2.71. The number of hydrogen-bond donors (Lipinski definition) is 3. The van der Waals surface area contributed by atoms with Crippen molar-refractivity contribution in [3.05, 3.63) is 65.7 Å². The molecular formula is C19H18N4O4. The van der Waals surface area contributed by atoms with Gasteiger partial charge in [-0.1, -0.05) is 30.3 Å². The number of carbonyl (C=O) groups is 3. The van der Waals surface area contributed by atoms with E-state index in [9.17, 15) is 14.4 Å². The van der Waals surface area contributed by atoms with E-state index in [0.717, 1.165) is 0 Å². The van der Waals surface area contributed by atoms with Gasteiger partial charge in [0.25, 0.3) is 17.7 Å². The Balaban J connectivity index is 1.76. The van der Waals surface area contributed by atoms with Crippen LogP contribution in [0, 0.1) is 11.3 Å². The lowest BCUT2D eigenvalue weighted by Gasteiger charge is -2.15. The number of ether oxygens (including phenoxy) is 1. The second kappa shape index (κ2) is 9.58. The molecule has 0 fully saturated rings. The van der Waals surface area contributed by atoms with Gasteiger partial charge < -0.3 is 10.1 Å². The number of para-hydroxylation sites is 1. The third-order valence-electron chi connectivity index (χ3n) is 3.47. The summed E-state index contributed by atoms with van der Waals surface area (Å²) >= 11 is 0. The average molecular weight is 366 g/mol. The molecule has 0 saturated heterocycles. The molecule has 0 spiro atoms. The fraction of sp³-hybridized carbons (Fsp3) is 0.158. The standard InChI is InChI=1S/C19H18N4O4/c1-13(21-19(26)14-7-3-2-4-8-14)18(25)23-22-17(24)12-27-16-10-6-5-9-15(16)11-20/h2-10,13H,12H2,1H3,(H,21,26)(H,22,24)(H,23,25). The van der Waals surface area contributed by atoms with E-state index in [1.807, 2.05) is 6.07 Å². The number of nitrogens with one attached hydrogen (secondary N) is 3. The lowest BCUT2D eigenvalue weighted by molar-refractivity contribution is -0.130. The van der Waals surface area contributed by atoms with E-state index in [1.165, 1.54) is 6.92 Å². The van der Waals surface area contributed by atoms with Crippen LogP contribution in [0.5, 0.6) is 5.75 Å². The largest absolute Gasteiger partial charge is 0.482 e. The Morgan fingerprint density at radius 1 is 1.04 bits per heavy atom. The highest BCUT2D eigenvalue weighted by molar-refractivity contribution is 5.97. The smallest absolute Gasteiger partial charge is 0.276 e. The fourth-order valence-electron chi connectivity index (χ4n) is 2.04. The molecule has 2 aromatic carbocycles. The summed E-state index contributed by atoms with van der Waals surface area (Å²) in [5.41, 5.74) is 5.11. The molecule has 2 aromatic rings. The Morgan fingerprint density at radius 2 is 1.70 bits per heavy atom. The first-order chi connectivity index (χ1) is 13.0.